The third-order valence-electron chi connectivity index (χ3n) is 3.19. The minimum atomic E-state index is -3.46. The molecule has 0 aliphatic rings. The lowest BCUT2D eigenvalue weighted by Crippen LogP contribution is -2.36. The van der Waals surface area contributed by atoms with E-state index < -0.39 is 10.0 Å². The van der Waals surface area contributed by atoms with Gasteiger partial charge in [-0.3, -0.25) is 0 Å². The van der Waals surface area contributed by atoms with Gasteiger partial charge in [-0.1, -0.05) is 32.0 Å². The van der Waals surface area contributed by atoms with Crippen molar-refractivity contribution >= 4 is 21.8 Å². The SMILES string of the molecule is CCCNCc1ccccc1S(=O)(=O)NC(CC)CSC. The van der Waals surface area contributed by atoms with Crippen molar-refractivity contribution in [1.29, 1.82) is 0 Å². The molecule has 0 aliphatic carbocycles. The Labute approximate surface area is 133 Å². The van der Waals surface area contributed by atoms with Crippen LogP contribution in [0, 0.1) is 0 Å². The largest absolute Gasteiger partial charge is 0.313 e. The highest BCUT2D eigenvalue weighted by molar-refractivity contribution is 7.98. The average molecular weight is 331 g/mol. The Morgan fingerprint density at radius 3 is 2.57 bits per heavy atom. The molecule has 0 fully saturated rings. The smallest absolute Gasteiger partial charge is 0.241 e. The molecule has 0 aromatic heterocycles. The van der Waals surface area contributed by atoms with Crippen molar-refractivity contribution < 1.29 is 8.42 Å². The summed E-state index contributed by atoms with van der Waals surface area (Å²) in [6.45, 7) is 5.54. The van der Waals surface area contributed by atoms with Gasteiger partial charge < -0.3 is 5.32 Å². The third kappa shape index (κ3) is 5.98. The molecule has 0 saturated carbocycles. The Morgan fingerprint density at radius 2 is 1.95 bits per heavy atom. The summed E-state index contributed by atoms with van der Waals surface area (Å²) in [6, 6.07) is 7.17. The zero-order valence-electron chi connectivity index (χ0n) is 13.1. The summed E-state index contributed by atoms with van der Waals surface area (Å²) in [5.74, 6) is 0.784. The second-order valence-electron chi connectivity index (χ2n) is 4.97. The van der Waals surface area contributed by atoms with Gasteiger partial charge in [0.25, 0.3) is 0 Å². The summed E-state index contributed by atoms with van der Waals surface area (Å²) < 4.78 is 28.0. The van der Waals surface area contributed by atoms with Crippen LogP contribution in [0.25, 0.3) is 0 Å². The summed E-state index contributed by atoms with van der Waals surface area (Å²) in [6.07, 6.45) is 3.80. The van der Waals surface area contributed by atoms with Crippen LogP contribution in [0.15, 0.2) is 29.2 Å². The van der Waals surface area contributed by atoms with Gasteiger partial charge in [-0.05, 0) is 37.3 Å². The molecule has 4 nitrogen and oxygen atoms in total. The van der Waals surface area contributed by atoms with Crippen LogP contribution < -0.4 is 10.0 Å². The van der Waals surface area contributed by atoms with Gasteiger partial charge in [-0.15, -0.1) is 0 Å². The molecule has 2 N–H and O–H groups in total. The Balaban J connectivity index is 2.91. The Kier molecular flexibility index (Phi) is 8.33. The third-order valence-corrected chi connectivity index (χ3v) is 5.54. The van der Waals surface area contributed by atoms with E-state index in [1.165, 1.54) is 0 Å². The molecule has 1 unspecified atom stereocenters. The van der Waals surface area contributed by atoms with E-state index in [4.69, 9.17) is 0 Å². The number of thioether (sulfide) groups is 1. The monoisotopic (exact) mass is 330 g/mol. The maximum Gasteiger partial charge on any atom is 0.241 e. The van der Waals surface area contributed by atoms with Gasteiger partial charge in [0.2, 0.25) is 10.0 Å². The second kappa shape index (κ2) is 9.46. The number of nitrogens with one attached hydrogen (secondary N) is 2. The van der Waals surface area contributed by atoms with Crippen molar-refractivity contribution in [3.05, 3.63) is 29.8 Å². The quantitative estimate of drug-likeness (QED) is 0.648. The van der Waals surface area contributed by atoms with Gasteiger partial charge in [-0.25, -0.2) is 13.1 Å². The second-order valence-corrected chi connectivity index (χ2v) is 7.56. The van der Waals surface area contributed by atoms with Gasteiger partial charge in [0.1, 0.15) is 0 Å². The molecule has 0 heterocycles. The number of benzene rings is 1. The van der Waals surface area contributed by atoms with Crippen molar-refractivity contribution in [3.8, 4) is 0 Å². The fourth-order valence-electron chi connectivity index (χ4n) is 2.03. The zero-order chi connectivity index (χ0) is 15.7. The minimum Gasteiger partial charge on any atom is -0.313 e. The summed E-state index contributed by atoms with van der Waals surface area (Å²) in [4.78, 5) is 0.383. The molecule has 0 aliphatic heterocycles. The topological polar surface area (TPSA) is 58.2 Å². The summed E-state index contributed by atoms with van der Waals surface area (Å²) in [5.41, 5.74) is 0.817. The molecule has 0 radical (unpaired) electrons. The van der Waals surface area contributed by atoms with E-state index in [1.807, 2.05) is 25.3 Å². The van der Waals surface area contributed by atoms with Crippen molar-refractivity contribution in [2.45, 2.75) is 44.2 Å². The van der Waals surface area contributed by atoms with Crippen LogP contribution in [0.1, 0.15) is 32.3 Å². The first kappa shape index (κ1) is 18.5. The number of hydrogen-bond acceptors (Lipinski definition) is 4. The van der Waals surface area contributed by atoms with E-state index in [1.54, 1.807) is 23.9 Å². The molecule has 0 bridgehead atoms. The molecule has 6 heteroatoms. The first-order valence-electron chi connectivity index (χ1n) is 7.35. The first-order chi connectivity index (χ1) is 10.0. The normalized spacial score (nSPS) is 13.3. The lowest BCUT2D eigenvalue weighted by molar-refractivity contribution is 0.556. The highest BCUT2D eigenvalue weighted by Crippen LogP contribution is 2.16. The number of hydrogen-bond donors (Lipinski definition) is 2. The van der Waals surface area contributed by atoms with Crippen LogP contribution in [-0.2, 0) is 16.6 Å². The molecule has 21 heavy (non-hydrogen) atoms. The predicted molar refractivity (Wildman–Crippen MR) is 91.2 cm³/mol. The van der Waals surface area contributed by atoms with Crippen molar-refractivity contribution in [3.63, 3.8) is 0 Å². The molecule has 1 aromatic rings. The minimum absolute atomic E-state index is 0.0262. The molecule has 0 spiro atoms. The van der Waals surface area contributed by atoms with Crippen LogP contribution in [0.2, 0.25) is 0 Å². The van der Waals surface area contributed by atoms with Crippen LogP contribution in [0.3, 0.4) is 0 Å². The molecule has 1 atom stereocenters. The molecule has 120 valence electrons. The lowest BCUT2D eigenvalue weighted by atomic mass is 10.2. The van der Waals surface area contributed by atoms with Crippen molar-refractivity contribution in [2.75, 3.05) is 18.6 Å². The summed E-state index contributed by atoms with van der Waals surface area (Å²) >= 11 is 1.65. The molecule has 1 aromatic carbocycles. The summed E-state index contributed by atoms with van der Waals surface area (Å²) in [5, 5.41) is 3.26. The molecule has 0 saturated heterocycles. The lowest BCUT2D eigenvalue weighted by Gasteiger charge is -2.18. The van der Waals surface area contributed by atoms with E-state index in [2.05, 4.69) is 17.0 Å². The fourth-order valence-corrected chi connectivity index (χ4v) is 4.42. The van der Waals surface area contributed by atoms with Gasteiger partial charge in [0.15, 0.2) is 0 Å². The Morgan fingerprint density at radius 1 is 1.24 bits per heavy atom. The van der Waals surface area contributed by atoms with Gasteiger partial charge >= 0.3 is 0 Å². The highest BCUT2D eigenvalue weighted by atomic mass is 32.2. The van der Waals surface area contributed by atoms with Crippen molar-refractivity contribution in [2.24, 2.45) is 0 Å². The van der Waals surface area contributed by atoms with E-state index >= 15 is 0 Å². The maximum absolute atomic E-state index is 12.6. The molecule has 0 amide bonds. The standard InChI is InChI=1S/C15H26N2O2S2/c1-4-10-16-11-13-8-6-7-9-15(13)21(18,19)17-14(5-2)12-20-3/h6-9,14,16-17H,4-5,10-12H2,1-3H3. The van der Waals surface area contributed by atoms with E-state index in [0.29, 0.717) is 11.4 Å². The zero-order valence-corrected chi connectivity index (χ0v) is 14.7. The molecule has 1 rings (SSSR count). The Bertz CT molecular complexity index is 518. The predicted octanol–water partition coefficient (Wildman–Crippen LogP) is 2.61. The maximum atomic E-state index is 12.6. The molecular weight excluding hydrogens is 304 g/mol. The number of rotatable bonds is 10. The van der Waals surface area contributed by atoms with E-state index in [9.17, 15) is 8.42 Å². The van der Waals surface area contributed by atoms with Gasteiger partial charge in [0.05, 0.1) is 4.90 Å². The van der Waals surface area contributed by atoms with Crippen LogP contribution in [-0.4, -0.2) is 33.0 Å². The molecular formula is C15H26N2O2S2. The van der Waals surface area contributed by atoms with E-state index in [0.717, 1.165) is 30.7 Å². The van der Waals surface area contributed by atoms with Gasteiger partial charge in [-0.2, -0.15) is 11.8 Å². The highest BCUT2D eigenvalue weighted by Gasteiger charge is 2.21. The van der Waals surface area contributed by atoms with Crippen LogP contribution >= 0.6 is 11.8 Å². The Hall–Kier alpha value is -0.560. The fraction of sp³-hybridized carbons (Fsp3) is 0.600. The van der Waals surface area contributed by atoms with Gasteiger partial charge in [0, 0.05) is 18.3 Å². The average Bonchev–Trinajstić information content (AvgIpc) is 2.47. The van der Waals surface area contributed by atoms with Crippen LogP contribution in [0.4, 0.5) is 0 Å². The van der Waals surface area contributed by atoms with E-state index in [-0.39, 0.29) is 6.04 Å². The van der Waals surface area contributed by atoms with Crippen LogP contribution in [0.5, 0.6) is 0 Å². The summed E-state index contributed by atoms with van der Waals surface area (Å²) in [7, 11) is -3.46. The van der Waals surface area contributed by atoms with Crippen molar-refractivity contribution in [1.82, 2.24) is 10.0 Å². The number of sulfonamides is 1. The first-order valence-corrected chi connectivity index (χ1v) is 10.2.